The lowest BCUT2D eigenvalue weighted by atomic mass is 9.99. The highest BCUT2D eigenvalue weighted by atomic mass is 19.4. The zero-order valence-corrected chi connectivity index (χ0v) is 15.2. The summed E-state index contributed by atoms with van der Waals surface area (Å²) in [6.07, 6.45) is -5.16. The van der Waals surface area contributed by atoms with Gasteiger partial charge in [0.1, 0.15) is 0 Å². The Balaban J connectivity index is 1.74. The minimum absolute atomic E-state index is 0.0754. The van der Waals surface area contributed by atoms with Crippen LogP contribution < -0.4 is 10.1 Å². The number of rotatable bonds is 4. The van der Waals surface area contributed by atoms with Crippen molar-refractivity contribution in [1.82, 2.24) is 9.78 Å². The smallest absolute Gasteiger partial charge is 0.391 e. The Bertz CT molecular complexity index is 979. The van der Waals surface area contributed by atoms with Gasteiger partial charge < -0.3 is 4.74 Å². The standard InChI is InChI=1S/C20H18F3N3O2/c1-3-26-18(12-13(2)25-26)28-19(27)24-15-10-8-14(9-11-15)16-6-4-5-7-17(16)20(21,22)23/h4-12H,3H2,1-2H3,(H,24,27). The summed E-state index contributed by atoms with van der Waals surface area (Å²) in [5, 5.41) is 6.73. The quantitative estimate of drug-likeness (QED) is 0.640. The molecule has 1 N–H and O–H groups in total. The van der Waals surface area contributed by atoms with Crippen LogP contribution in [0.3, 0.4) is 0 Å². The van der Waals surface area contributed by atoms with E-state index in [1.807, 2.05) is 6.92 Å². The Morgan fingerprint density at radius 1 is 1.14 bits per heavy atom. The lowest BCUT2D eigenvalue weighted by Crippen LogP contribution is -2.18. The van der Waals surface area contributed by atoms with E-state index in [1.54, 1.807) is 23.7 Å². The number of nitrogens with one attached hydrogen (secondary N) is 1. The maximum atomic E-state index is 13.2. The van der Waals surface area contributed by atoms with Gasteiger partial charge in [0.25, 0.3) is 0 Å². The maximum Gasteiger partial charge on any atom is 0.418 e. The topological polar surface area (TPSA) is 56.2 Å². The number of aryl methyl sites for hydroxylation is 2. The van der Waals surface area contributed by atoms with E-state index in [2.05, 4.69) is 10.4 Å². The fourth-order valence-corrected chi connectivity index (χ4v) is 2.78. The van der Waals surface area contributed by atoms with Crippen LogP contribution in [-0.4, -0.2) is 15.9 Å². The van der Waals surface area contributed by atoms with E-state index in [9.17, 15) is 18.0 Å². The molecule has 3 aromatic rings. The molecule has 28 heavy (non-hydrogen) atoms. The van der Waals surface area contributed by atoms with Crippen molar-refractivity contribution < 1.29 is 22.7 Å². The van der Waals surface area contributed by atoms with Crippen molar-refractivity contribution in [2.75, 3.05) is 5.32 Å². The Morgan fingerprint density at radius 2 is 1.82 bits per heavy atom. The highest BCUT2D eigenvalue weighted by molar-refractivity contribution is 5.86. The number of benzene rings is 2. The number of carbonyl (C=O) groups is 1. The van der Waals surface area contributed by atoms with Crippen molar-refractivity contribution in [2.24, 2.45) is 0 Å². The molecule has 0 saturated carbocycles. The van der Waals surface area contributed by atoms with Crippen LogP contribution in [0.5, 0.6) is 5.88 Å². The average Bonchev–Trinajstić information content (AvgIpc) is 3.00. The Hall–Kier alpha value is -3.29. The number of amides is 1. The molecule has 0 radical (unpaired) electrons. The Kier molecular flexibility index (Phi) is 5.39. The highest BCUT2D eigenvalue weighted by Gasteiger charge is 2.33. The molecule has 5 nitrogen and oxygen atoms in total. The molecule has 2 aromatic carbocycles. The first-order valence-corrected chi connectivity index (χ1v) is 8.58. The second-order valence-corrected chi connectivity index (χ2v) is 6.07. The van der Waals surface area contributed by atoms with Crippen molar-refractivity contribution in [3.63, 3.8) is 0 Å². The molecule has 0 spiro atoms. The third-order valence-corrected chi connectivity index (χ3v) is 4.04. The summed E-state index contributed by atoms with van der Waals surface area (Å²) in [4.78, 5) is 12.1. The van der Waals surface area contributed by atoms with Crippen LogP contribution in [0.2, 0.25) is 0 Å². The molecule has 8 heteroatoms. The van der Waals surface area contributed by atoms with E-state index < -0.39 is 17.8 Å². The number of alkyl halides is 3. The van der Waals surface area contributed by atoms with E-state index in [1.165, 1.54) is 36.4 Å². The monoisotopic (exact) mass is 389 g/mol. The van der Waals surface area contributed by atoms with Crippen LogP contribution in [0.4, 0.5) is 23.7 Å². The van der Waals surface area contributed by atoms with Crippen LogP contribution in [0, 0.1) is 6.92 Å². The molecule has 0 aliphatic rings. The predicted molar refractivity (Wildman–Crippen MR) is 99.2 cm³/mol. The van der Waals surface area contributed by atoms with Crippen LogP contribution in [0.15, 0.2) is 54.6 Å². The lowest BCUT2D eigenvalue weighted by molar-refractivity contribution is -0.137. The second-order valence-electron chi connectivity index (χ2n) is 6.07. The number of hydrogen-bond donors (Lipinski definition) is 1. The molecule has 0 unspecified atom stereocenters. The van der Waals surface area contributed by atoms with Gasteiger partial charge in [0.05, 0.1) is 11.3 Å². The van der Waals surface area contributed by atoms with E-state index >= 15 is 0 Å². The van der Waals surface area contributed by atoms with Gasteiger partial charge in [-0.3, -0.25) is 5.32 Å². The molecule has 1 amide bonds. The Morgan fingerprint density at radius 3 is 2.46 bits per heavy atom. The molecule has 3 rings (SSSR count). The van der Waals surface area contributed by atoms with Gasteiger partial charge in [-0.1, -0.05) is 30.3 Å². The highest BCUT2D eigenvalue weighted by Crippen LogP contribution is 2.37. The third kappa shape index (κ3) is 4.33. The van der Waals surface area contributed by atoms with Crippen molar-refractivity contribution >= 4 is 11.8 Å². The van der Waals surface area contributed by atoms with Gasteiger partial charge in [0.15, 0.2) is 0 Å². The lowest BCUT2D eigenvalue weighted by Gasteiger charge is -2.13. The number of hydrogen-bond acceptors (Lipinski definition) is 3. The largest absolute Gasteiger partial charge is 0.418 e. The zero-order valence-electron chi connectivity index (χ0n) is 15.2. The fraction of sp³-hybridized carbons (Fsp3) is 0.200. The van der Waals surface area contributed by atoms with Gasteiger partial charge in [-0.15, -0.1) is 0 Å². The van der Waals surface area contributed by atoms with E-state index in [0.717, 1.165) is 11.8 Å². The SMILES string of the molecule is CCn1nc(C)cc1OC(=O)Nc1ccc(-c2ccccc2C(F)(F)F)cc1. The molecule has 0 atom stereocenters. The molecular formula is C20H18F3N3O2. The Labute approximate surface area is 159 Å². The second kappa shape index (κ2) is 7.75. The van der Waals surface area contributed by atoms with E-state index in [-0.39, 0.29) is 5.56 Å². The van der Waals surface area contributed by atoms with Gasteiger partial charge in [0, 0.05) is 18.3 Å². The summed E-state index contributed by atoms with van der Waals surface area (Å²) in [7, 11) is 0. The van der Waals surface area contributed by atoms with Crippen LogP contribution >= 0.6 is 0 Å². The summed E-state index contributed by atoms with van der Waals surface area (Å²) in [5.41, 5.74) is 0.881. The number of aromatic nitrogens is 2. The normalized spacial score (nSPS) is 11.3. The van der Waals surface area contributed by atoms with Crippen molar-refractivity contribution in [3.8, 4) is 17.0 Å². The van der Waals surface area contributed by atoms with Gasteiger partial charge >= 0.3 is 12.3 Å². The minimum Gasteiger partial charge on any atom is -0.391 e. The molecular weight excluding hydrogens is 371 g/mol. The number of nitrogens with zero attached hydrogens (tertiary/aromatic N) is 2. The molecule has 146 valence electrons. The first kappa shape index (κ1) is 19.5. The van der Waals surface area contributed by atoms with Gasteiger partial charge in [-0.2, -0.15) is 18.3 Å². The average molecular weight is 389 g/mol. The molecule has 0 bridgehead atoms. The molecule has 1 aromatic heterocycles. The van der Waals surface area contributed by atoms with Gasteiger partial charge in [0.2, 0.25) is 5.88 Å². The summed E-state index contributed by atoms with van der Waals surface area (Å²) in [5.74, 6) is 0.313. The number of carbonyl (C=O) groups excluding carboxylic acids is 1. The summed E-state index contributed by atoms with van der Waals surface area (Å²) < 4.78 is 46.3. The van der Waals surface area contributed by atoms with Gasteiger partial charge in [-0.25, -0.2) is 9.48 Å². The van der Waals surface area contributed by atoms with Crippen molar-refractivity contribution in [2.45, 2.75) is 26.6 Å². The maximum absolute atomic E-state index is 13.2. The molecule has 0 fully saturated rings. The van der Waals surface area contributed by atoms with E-state index in [4.69, 9.17) is 4.74 Å². The third-order valence-electron chi connectivity index (χ3n) is 4.04. The minimum atomic E-state index is -4.45. The first-order valence-electron chi connectivity index (χ1n) is 8.58. The number of ether oxygens (including phenoxy) is 1. The number of halogens is 3. The van der Waals surface area contributed by atoms with Crippen LogP contribution in [0.25, 0.3) is 11.1 Å². The van der Waals surface area contributed by atoms with E-state index in [0.29, 0.717) is 23.7 Å². The van der Waals surface area contributed by atoms with Crippen LogP contribution in [-0.2, 0) is 12.7 Å². The van der Waals surface area contributed by atoms with Crippen LogP contribution in [0.1, 0.15) is 18.2 Å². The number of anilines is 1. The van der Waals surface area contributed by atoms with Crippen molar-refractivity contribution in [3.05, 3.63) is 65.9 Å². The van der Waals surface area contributed by atoms with Crippen molar-refractivity contribution in [1.29, 1.82) is 0 Å². The predicted octanol–water partition coefficient (Wildman–Crippen LogP) is 5.51. The summed E-state index contributed by atoms with van der Waals surface area (Å²) in [6, 6.07) is 13.1. The fourth-order valence-electron chi connectivity index (χ4n) is 2.78. The summed E-state index contributed by atoms with van der Waals surface area (Å²) in [6.45, 7) is 4.20. The molecule has 0 saturated heterocycles. The summed E-state index contributed by atoms with van der Waals surface area (Å²) >= 11 is 0. The molecule has 0 aliphatic carbocycles. The zero-order chi connectivity index (χ0) is 20.3. The molecule has 1 heterocycles. The van der Waals surface area contributed by atoms with Gasteiger partial charge in [-0.05, 0) is 43.2 Å². The first-order chi connectivity index (χ1) is 13.3. The molecule has 0 aliphatic heterocycles.